The van der Waals surface area contributed by atoms with Gasteiger partial charge in [-0.05, 0) is 43.4 Å². The molecule has 3 aromatic rings. The van der Waals surface area contributed by atoms with Gasteiger partial charge in [0.15, 0.2) is 5.82 Å². The molecule has 1 aromatic carbocycles. The molecular weight excluding hydrogens is 334 g/mol. The third-order valence-corrected chi connectivity index (χ3v) is 5.17. The molecule has 1 aliphatic heterocycles. The van der Waals surface area contributed by atoms with Crippen LogP contribution in [0.2, 0.25) is 0 Å². The lowest BCUT2D eigenvalue weighted by Gasteiger charge is -2.30. The fourth-order valence-electron chi connectivity index (χ4n) is 2.78. The molecule has 0 radical (unpaired) electrons. The molecule has 4 rings (SSSR count). The first-order valence-electron chi connectivity index (χ1n) is 8.23. The van der Waals surface area contributed by atoms with Crippen molar-refractivity contribution >= 4 is 11.8 Å². The zero-order chi connectivity index (χ0) is 17.1. The van der Waals surface area contributed by atoms with Crippen LogP contribution in [0.4, 0.5) is 0 Å². The van der Waals surface area contributed by atoms with E-state index in [4.69, 9.17) is 4.52 Å². The summed E-state index contributed by atoms with van der Waals surface area (Å²) in [6, 6.07) is 14.2. The second-order valence-corrected chi connectivity index (χ2v) is 7.05. The number of piperazine rings is 1. The molecule has 2 aromatic heterocycles. The number of pyridine rings is 1. The molecule has 1 unspecified atom stereocenters. The van der Waals surface area contributed by atoms with Gasteiger partial charge in [0.05, 0.1) is 6.04 Å². The predicted molar refractivity (Wildman–Crippen MR) is 96.3 cm³/mol. The summed E-state index contributed by atoms with van der Waals surface area (Å²) in [5.41, 5.74) is 0.926. The van der Waals surface area contributed by atoms with Crippen LogP contribution >= 0.6 is 11.8 Å². The molecular formula is C18H19N5OS. The van der Waals surface area contributed by atoms with Gasteiger partial charge in [0, 0.05) is 36.3 Å². The van der Waals surface area contributed by atoms with Crippen LogP contribution < -0.4 is 5.32 Å². The van der Waals surface area contributed by atoms with E-state index < -0.39 is 0 Å². The van der Waals surface area contributed by atoms with Crippen molar-refractivity contribution in [2.45, 2.75) is 16.0 Å². The summed E-state index contributed by atoms with van der Waals surface area (Å²) in [5.74, 6) is 1.29. The Balaban J connectivity index is 1.49. The van der Waals surface area contributed by atoms with Gasteiger partial charge in [-0.1, -0.05) is 23.0 Å². The molecule has 1 aliphatic rings. The topological polar surface area (TPSA) is 67.1 Å². The van der Waals surface area contributed by atoms with E-state index in [2.05, 4.69) is 32.4 Å². The lowest BCUT2D eigenvalue weighted by atomic mass is 10.2. The zero-order valence-electron chi connectivity index (χ0n) is 13.9. The third-order valence-electron chi connectivity index (χ3n) is 4.21. The van der Waals surface area contributed by atoms with Crippen LogP contribution in [0.3, 0.4) is 0 Å². The van der Waals surface area contributed by atoms with Crippen LogP contribution in [0.1, 0.15) is 11.9 Å². The molecule has 1 atom stereocenters. The van der Waals surface area contributed by atoms with E-state index in [1.54, 1.807) is 18.0 Å². The highest BCUT2D eigenvalue weighted by Gasteiger charge is 2.25. The maximum atomic E-state index is 5.48. The average Bonchev–Trinajstić information content (AvgIpc) is 3.13. The van der Waals surface area contributed by atoms with Gasteiger partial charge in [-0.25, -0.2) is 4.98 Å². The van der Waals surface area contributed by atoms with Crippen LogP contribution in [0.25, 0.3) is 11.5 Å². The molecule has 1 saturated heterocycles. The highest BCUT2D eigenvalue weighted by atomic mass is 32.2. The van der Waals surface area contributed by atoms with Crippen molar-refractivity contribution in [2.75, 3.05) is 26.7 Å². The second-order valence-electron chi connectivity index (χ2n) is 5.95. The number of nitrogens with one attached hydrogen (secondary N) is 1. The maximum absolute atomic E-state index is 5.48. The minimum absolute atomic E-state index is 0.158. The van der Waals surface area contributed by atoms with Gasteiger partial charge in [0.25, 0.3) is 5.89 Å². The number of likely N-dealkylation sites (N-methyl/N-ethyl adjacent to an activating group) is 1. The van der Waals surface area contributed by atoms with Gasteiger partial charge in [0.2, 0.25) is 0 Å². The summed E-state index contributed by atoms with van der Waals surface area (Å²) in [5, 5.41) is 8.52. The van der Waals surface area contributed by atoms with Crippen molar-refractivity contribution in [3.8, 4) is 11.5 Å². The number of nitrogens with zero attached hydrogens (tertiary/aromatic N) is 4. The van der Waals surface area contributed by atoms with E-state index in [1.165, 1.54) is 0 Å². The fraction of sp³-hybridized carbons (Fsp3) is 0.278. The quantitative estimate of drug-likeness (QED) is 0.773. The van der Waals surface area contributed by atoms with Crippen LogP contribution in [-0.4, -0.2) is 46.7 Å². The van der Waals surface area contributed by atoms with Crippen molar-refractivity contribution in [2.24, 2.45) is 0 Å². The number of hydrogen-bond acceptors (Lipinski definition) is 7. The van der Waals surface area contributed by atoms with E-state index in [-0.39, 0.29) is 6.04 Å². The molecule has 128 valence electrons. The zero-order valence-corrected chi connectivity index (χ0v) is 14.7. The van der Waals surface area contributed by atoms with Gasteiger partial charge in [-0.2, -0.15) is 4.98 Å². The first-order chi connectivity index (χ1) is 12.3. The number of hydrogen-bond donors (Lipinski definition) is 1. The van der Waals surface area contributed by atoms with E-state index in [1.807, 2.05) is 42.5 Å². The van der Waals surface area contributed by atoms with E-state index in [0.29, 0.717) is 5.89 Å². The second kappa shape index (κ2) is 7.35. The van der Waals surface area contributed by atoms with Gasteiger partial charge in [-0.15, -0.1) is 0 Å². The Labute approximate surface area is 150 Å². The van der Waals surface area contributed by atoms with E-state index in [9.17, 15) is 0 Å². The van der Waals surface area contributed by atoms with Gasteiger partial charge < -0.3 is 9.84 Å². The normalized spacial score (nSPS) is 18.4. The molecule has 0 spiro atoms. The van der Waals surface area contributed by atoms with E-state index in [0.717, 1.165) is 40.9 Å². The Morgan fingerprint density at radius 3 is 2.84 bits per heavy atom. The molecule has 1 N–H and O–H groups in total. The Bertz CT molecular complexity index is 821. The standard InChI is InChI=1S/C18H19N5OS/c1-23-11-10-19-12-15(23)17-21-18(24-22-17)13-5-7-14(8-6-13)25-16-4-2-3-9-20-16/h2-9,15,19H,10-12H2,1H3. The molecule has 0 saturated carbocycles. The smallest absolute Gasteiger partial charge is 0.257 e. The summed E-state index contributed by atoms with van der Waals surface area (Å²) in [6.45, 7) is 2.82. The van der Waals surface area contributed by atoms with Gasteiger partial charge in [-0.3, -0.25) is 4.90 Å². The molecule has 0 bridgehead atoms. The maximum Gasteiger partial charge on any atom is 0.257 e. The van der Waals surface area contributed by atoms with Crippen molar-refractivity contribution in [3.05, 3.63) is 54.5 Å². The molecule has 1 fully saturated rings. The first kappa shape index (κ1) is 16.3. The van der Waals surface area contributed by atoms with Crippen molar-refractivity contribution < 1.29 is 4.52 Å². The van der Waals surface area contributed by atoms with Crippen molar-refractivity contribution in [3.63, 3.8) is 0 Å². The lowest BCUT2D eigenvalue weighted by Crippen LogP contribution is -2.44. The number of benzene rings is 1. The molecule has 0 amide bonds. The summed E-state index contributed by atoms with van der Waals surface area (Å²) < 4.78 is 5.48. The highest BCUT2D eigenvalue weighted by molar-refractivity contribution is 7.99. The average molecular weight is 353 g/mol. The van der Waals surface area contributed by atoms with Crippen LogP contribution in [0, 0.1) is 0 Å². The Morgan fingerprint density at radius 1 is 1.20 bits per heavy atom. The van der Waals surface area contributed by atoms with Gasteiger partial charge >= 0.3 is 0 Å². The summed E-state index contributed by atoms with van der Waals surface area (Å²) in [6.07, 6.45) is 1.80. The lowest BCUT2D eigenvalue weighted by molar-refractivity contribution is 0.190. The summed E-state index contributed by atoms with van der Waals surface area (Å²) in [7, 11) is 2.09. The Hall–Kier alpha value is -2.22. The monoisotopic (exact) mass is 353 g/mol. The fourth-order valence-corrected chi connectivity index (χ4v) is 3.55. The largest absolute Gasteiger partial charge is 0.334 e. The summed E-state index contributed by atoms with van der Waals surface area (Å²) >= 11 is 1.63. The highest BCUT2D eigenvalue weighted by Crippen LogP contribution is 2.28. The number of rotatable bonds is 4. The third kappa shape index (κ3) is 3.73. The van der Waals surface area contributed by atoms with Crippen LogP contribution in [0.5, 0.6) is 0 Å². The van der Waals surface area contributed by atoms with Crippen molar-refractivity contribution in [1.29, 1.82) is 0 Å². The molecule has 25 heavy (non-hydrogen) atoms. The SMILES string of the molecule is CN1CCNCC1c1noc(-c2ccc(Sc3ccccn3)cc2)n1. The van der Waals surface area contributed by atoms with Gasteiger partial charge in [0.1, 0.15) is 5.03 Å². The number of aromatic nitrogens is 3. The minimum Gasteiger partial charge on any atom is -0.334 e. The molecule has 7 heteroatoms. The van der Waals surface area contributed by atoms with Crippen LogP contribution in [0.15, 0.2) is 63.1 Å². The Kier molecular flexibility index (Phi) is 4.78. The molecule has 6 nitrogen and oxygen atoms in total. The summed E-state index contributed by atoms with van der Waals surface area (Å²) in [4.78, 5) is 12.3. The molecule has 3 heterocycles. The predicted octanol–water partition coefficient (Wildman–Crippen LogP) is 2.86. The Morgan fingerprint density at radius 2 is 2.08 bits per heavy atom. The van der Waals surface area contributed by atoms with Crippen LogP contribution in [-0.2, 0) is 0 Å². The molecule has 0 aliphatic carbocycles. The van der Waals surface area contributed by atoms with E-state index >= 15 is 0 Å². The van der Waals surface area contributed by atoms with Crippen molar-refractivity contribution in [1.82, 2.24) is 25.3 Å². The minimum atomic E-state index is 0.158. The first-order valence-corrected chi connectivity index (χ1v) is 9.05.